The number of nitrogens with zero attached hydrogens (tertiary/aromatic N) is 2. The molecule has 6 N–H and O–H groups in total. The van der Waals surface area contributed by atoms with E-state index >= 15 is 0 Å². The minimum atomic E-state index is -0.912. The van der Waals surface area contributed by atoms with E-state index in [1.807, 2.05) is 6.07 Å². The Morgan fingerprint density at radius 3 is 2.48 bits per heavy atom. The Balaban J connectivity index is 1.84. The smallest absolute Gasteiger partial charge is 0.339 e. The van der Waals surface area contributed by atoms with Crippen LogP contribution in [0.2, 0.25) is 0 Å². The molecule has 2 saturated heterocycles. The summed E-state index contributed by atoms with van der Waals surface area (Å²) < 4.78 is 0.828. The largest absolute Gasteiger partial charge is 0.398 e. The third-order valence-corrected chi connectivity index (χ3v) is 4.91. The number of rotatable bonds is 2. The molecule has 23 heavy (non-hydrogen) atoms. The number of hydrazine groups is 1. The minimum Gasteiger partial charge on any atom is -0.398 e. The van der Waals surface area contributed by atoms with Crippen LogP contribution in [-0.2, 0) is 4.79 Å². The molecule has 1 aromatic rings. The molecule has 1 aromatic carbocycles. The van der Waals surface area contributed by atoms with Crippen molar-refractivity contribution in [1.29, 1.82) is 5.41 Å². The van der Waals surface area contributed by atoms with Gasteiger partial charge in [0, 0.05) is 40.7 Å². The molecule has 3 amide bonds. The molecule has 0 aliphatic carbocycles. The highest BCUT2D eigenvalue weighted by Crippen LogP contribution is 2.34. The lowest BCUT2D eigenvalue weighted by Gasteiger charge is -2.39. The molecule has 2 fully saturated rings. The fraction of sp³-hybridized carbons (Fsp3) is 0.357. The molecule has 122 valence electrons. The van der Waals surface area contributed by atoms with Crippen LogP contribution in [0, 0.1) is 5.41 Å². The summed E-state index contributed by atoms with van der Waals surface area (Å²) in [5.74, 6) is 5.08. The number of nitrogens with one attached hydrogen (secondary N) is 2. The summed E-state index contributed by atoms with van der Waals surface area (Å²) in [6.45, 7) is 1.10. The number of nitrogen functional groups attached to an aromatic ring is 1. The first-order valence-electron chi connectivity index (χ1n) is 7.14. The second-order valence-corrected chi connectivity index (χ2v) is 6.66. The predicted molar refractivity (Wildman–Crippen MR) is 90.2 cm³/mol. The lowest BCUT2D eigenvalue weighted by molar-refractivity contribution is -0.132. The first-order valence-corrected chi connectivity index (χ1v) is 7.93. The normalized spacial score (nSPS) is 20.1. The van der Waals surface area contributed by atoms with Gasteiger partial charge in [0.05, 0.1) is 0 Å². The van der Waals surface area contributed by atoms with E-state index in [-0.39, 0.29) is 5.91 Å². The van der Waals surface area contributed by atoms with Gasteiger partial charge in [0.2, 0.25) is 0 Å². The fourth-order valence-corrected chi connectivity index (χ4v) is 3.62. The molecule has 3 rings (SSSR count). The van der Waals surface area contributed by atoms with Crippen LogP contribution in [-0.4, -0.2) is 41.8 Å². The van der Waals surface area contributed by atoms with Crippen LogP contribution in [0.25, 0.3) is 0 Å². The quantitative estimate of drug-likeness (QED) is 0.198. The zero-order valence-electron chi connectivity index (χ0n) is 12.3. The van der Waals surface area contributed by atoms with Crippen molar-refractivity contribution in [2.24, 2.45) is 5.84 Å². The fourth-order valence-electron chi connectivity index (χ4n) is 3.15. The summed E-state index contributed by atoms with van der Waals surface area (Å²) in [6, 6.07) is 3.09. The highest BCUT2D eigenvalue weighted by molar-refractivity contribution is 9.10. The van der Waals surface area contributed by atoms with Gasteiger partial charge < -0.3 is 21.4 Å². The van der Waals surface area contributed by atoms with Crippen LogP contribution in [0.1, 0.15) is 18.4 Å². The summed E-state index contributed by atoms with van der Waals surface area (Å²) in [4.78, 5) is 25.9. The van der Waals surface area contributed by atoms with Crippen LogP contribution >= 0.6 is 15.9 Å². The number of anilines is 2. The van der Waals surface area contributed by atoms with Crippen LogP contribution < -0.4 is 21.8 Å². The number of urea groups is 1. The number of hydrogen-bond donors (Lipinski definition) is 4. The summed E-state index contributed by atoms with van der Waals surface area (Å²) in [5.41, 5.74) is 7.06. The Hall–Kier alpha value is -2.13. The van der Waals surface area contributed by atoms with E-state index in [2.05, 4.69) is 26.1 Å². The zero-order valence-corrected chi connectivity index (χ0v) is 13.9. The number of piperidine rings is 1. The van der Waals surface area contributed by atoms with Gasteiger partial charge in [-0.15, -0.1) is 0 Å². The SMILES string of the molecule is N=Cc1c(N)cc(Br)cc1N1CCC2(CC1)NC(=O)N(N)C2=O. The third-order valence-electron chi connectivity index (χ3n) is 4.45. The first kappa shape index (κ1) is 15.8. The molecule has 9 heteroatoms. The Kier molecular flexibility index (Phi) is 3.77. The molecular weight excluding hydrogens is 364 g/mol. The standard InChI is InChI=1S/C14H17BrN6O2/c15-8-5-10(17)9(7-16)11(6-8)20-3-1-14(2-4-20)12(22)21(18)13(23)19-14/h5-7,16H,1-4,17-18H2,(H,19,23). The van der Waals surface area contributed by atoms with Crippen LogP contribution in [0.4, 0.5) is 16.2 Å². The summed E-state index contributed by atoms with van der Waals surface area (Å²) in [7, 11) is 0. The second kappa shape index (κ2) is 5.50. The zero-order chi connectivity index (χ0) is 16.8. The molecule has 0 radical (unpaired) electrons. The van der Waals surface area contributed by atoms with E-state index in [0.717, 1.165) is 10.2 Å². The van der Waals surface area contributed by atoms with E-state index in [1.165, 1.54) is 6.21 Å². The van der Waals surface area contributed by atoms with Crippen molar-refractivity contribution >= 4 is 45.5 Å². The molecule has 0 aromatic heterocycles. The Morgan fingerprint density at radius 2 is 1.96 bits per heavy atom. The maximum Gasteiger partial charge on any atom is 0.339 e. The molecule has 2 heterocycles. The number of hydrogen-bond acceptors (Lipinski definition) is 6. The van der Waals surface area contributed by atoms with Crippen molar-refractivity contribution in [3.63, 3.8) is 0 Å². The highest BCUT2D eigenvalue weighted by Gasteiger charge is 2.51. The number of nitrogens with two attached hydrogens (primary N) is 2. The molecule has 0 atom stereocenters. The number of amides is 3. The summed E-state index contributed by atoms with van der Waals surface area (Å²) in [6.07, 6.45) is 2.13. The van der Waals surface area contributed by atoms with Crippen molar-refractivity contribution in [3.05, 3.63) is 22.2 Å². The lowest BCUT2D eigenvalue weighted by Crippen LogP contribution is -2.55. The molecule has 2 aliphatic rings. The Bertz CT molecular complexity index is 699. The average molecular weight is 381 g/mol. The minimum absolute atomic E-state index is 0.386. The molecule has 1 spiro atoms. The van der Waals surface area contributed by atoms with Gasteiger partial charge in [-0.2, -0.15) is 5.01 Å². The topological polar surface area (TPSA) is 129 Å². The van der Waals surface area contributed by atoms with Gasteiger partial charge in [-0.3, -0.25) is 4.79 Å². The van der Waals surface area contributed by atoms with Gasteiger partial charge in [0.25, 0.3) is 5.91 Å². The van der Waals surface area contributed by atoms with Gasteiger partial charge in [-0.1, -0.05) is 15.9 Å². The number of carbonyl (C=O) groups is 2. The van der Waals surface area contributed by atoms with Crippen molar-refractivity contribution < 1.29 is 9.59 Å². The average Bonchev–Trinajstić information content (AvgIpc) is 2.72. The Morgan fingerprint density at radius 1 is 1.30 bits per heavy atom. The van der Waals surface area contributed by atoms with Gasteiger partial charge in [0.1, 0.15) is 5.54 Å². The van der Waals surface area contributed by atoms with Crippen molar-refractivity contribution in [1.82, 2.24) is 10.3 Å². The van der Waals surface area contributed by atoms with E-state index in [1.54, 1.807) is 6.07 Å². The van der Waals surface area contributed by atoms with Gasteiger partial charge >= 0.3 is 6.03 Å². The molecule has 0 bridgehead atoms. The molecular formula is C14H17BrN6O2. The van der Waals surface area contributed by atoms with Crippen molar-refractivity contribution in [2.45, 2.75) is 18.4 Å². The van der Waals surface area contributed by atoms with Crippen molar-refractivity contribution in [2.75, 3.05) is 23.7 Å². The third kappa shape index (κ3) is 2.45. The van der Waals surface area contributed by atoms with E-state index in [9.17, 15) is 9.59 Å². The number of carbonyl (C=O) groups excluding carboxylic acids is 2. The van der Waals surface area contributed by atoms with Crippen LogP contribution in [0.3, 0.4) is 0 Å². The predicted octanol–water partition coefficient (Wildman–Crippen LogP) is 0.793. The van der Waals surface area contributed by atoms with E-state index < -0.39 is 11.6 Å². The lowest BCUT2D eigenvalue weighted by atomic mass is 9.87. The summed E-state index contributed by atoms with van der Waals surface area (Å²) >= 11 is 3.41. The second-order valence-electron chi connectivity index (χ2n) is 5.75. The molecule has 0 saturated carbocycles. The number of halogens is 1. The van der Waals surface area contributed by atoms with E-state index in [0.29, 0.717) is 42.2 Å². The van der Waals surface area contributed by atoms with Crippen molar-refractivity contribution in [3.8, 4) is 0 Å². The molecule has 0 unspecified atom stereocenters. The van der Waals surface area contributed by atoms with Crippen LogP contribution in [0.5, 0.6) is 0 Å². The molecule has 2 aliphatic heterocycles. The molecule has 8 nitrogen and oxygen atoms in total. The Labute approximate surface area is 141 Å². The number of imide groups is 1. The first-order chi connectivity index (χ1) is 10.9. The van der Waals surface area contributed by atoms with Gasteiger partial charge in [-0.25, -0.2) is 10.6 Å². The highest BCUT2D eigenvalue weighted by atomic mass is 79.9. The summed E-state index contributed by atoms with van der Waals surface area (Å²) in [5, 5.41) is 10.9. The van der Waals surface area contributed by atoms with Gasteiger partial charge in [0.15, 0.2) is 0 Å². The van der Waals surface area contributed by atoms with E-state index in [4.69, 9.17) is 17.0 Å². The van der Waals surface area contributed by atoms with Gasteiger partial charge in [-0.05, 0) is 25.0 Å². The maximum absolute atomic E-state index is 12.2. The maximum atomic E-state index is 12.2. The van der Waals surface area contributed by atoms with Crippen LogP contribution in [0.15, 0.2) is 16.6 Å². The number of benzene rings is 1. The monoisotopic (exact) mass is 380 g/mol.